The van der Waals surface area contributed by atoms with Crippen LogP contribution in [0.25, 0.3) is 11.1 Å². The third-order valence-corrected chi connectivity index (χ3v) is 5.47. The van der Waals surface area contributed by atoms with Crippen molar-refractivity contribution in [2.24, 2.45) is 5.92 Å². The van der Waals surface area contributed by atoms with Gasteiger partial charge in [-0.1, -0.05) is 107 Å². The summed E-state index contributed by atoms with van der Waals surface area (Å²) in [4.78, 5) is 0. The molecule has 2 aromatic carbocycles. The molecule has 1 atom stereocenters. The maximum absolute atomic E-state index is 2.39. The molecular formula is C24H34. The van der Waals surface area contributed by atoms with Gasteiger partial charge < -0.3 is 0 Å². The van der Waals surface area contributed by atoms with E-state index in [0.717, 1.165) is 5.92 Å². The van der Waals surface area contributed by atoms with Crippen molar-refractivity contribution in [1.29, 1.82) is 0 Å². The van der Waals surface area contributed by atoms with Crippen molar-refractivity contribution in [1.82, 2.24) is 0 Å². The Morgan fingerprint density at radius 2 is 1.62 bits per heavy atom. The van der Waals surface area contributed by atoms with Crippen molar-refractivity contribution in [2.75, 3.05) is 0 Å². The lowest BCUT2D eigenvalue weighted by molar-refractivity contribution is 0.417. The van der Waals surface area contributed by atoms with Crippen molar-refractivity contribution in [3.63, 3.8) is 0 Å². The lowest BCUT2D eigenvalue weighted by atomic mass is 9.79. The van der Waals surface area contributed by atoms with Crippen LogP contribution < -0.4 is 0 Å². The second-order valence-corrected chi connectivity index (χ2v) is 8.09. The van der Waals surface area contributed by atoms with E-state index >= 15 is 0 Å². The minimum Gasteiger partial charge on any atom is -0.0651 e. The molecule has 0 nitrogen and oxygen atoms in total. The lowest BCUT2D eigenvalue weighted by Crippen LogP contribution is -2.17. The molecule has 0 bridgehead atoms. The minimum absolute atomic E-state index is 0.246. The Labute approximate surface area is 149 Å². The quantitative estimate of drug-likeness (QED) is 0.440. The van der Waals surface area contributed by atoms with Crippen LogP contribution in [0.1, 0.15) is 70.9 Å². The highest BCUT2D eigenvalue weighted by molar-refractivity contribution is 5.64. The zero-order valence-corrected chi connectivity index (χ0v) is 16.2. The summed E-state index contributed by atoms with van der Waals surface area (Å²) in [5.74, 6) is 0.873. The average molecular weight is 323 g/mol. The highest BCUT2D eigenvalue weighted by atomic mass is 14.2. The normalized spacial score (nSPS) is 13.0. The molecule has 0 aromatic heterocycles. The Balaban J connectivity index is 2.04. The second-order valence-electron chi connectivity index (χ2n) is 8.09. The maximum atomic E-state index is 2.39. The van der Waals surface area contributed by atoms with E-state index in [1.54, 1.807) is 0 Å². The predicted molar refractivity (Wildman–Crippen MR) is 108 cm³/mol. The van der Waals surface area contributed by atoms with Gasteiger partial charge in [0.1, 0.15) is 0 Å². The molecule has 0 aliphatic rings. The van der Waals surface area contributed by atoms with Gasteiger partial charge in [-0.3, -0.25) is 0 Å². The van der Waals surface area contributed by atoms with Gasteiger partial charge in [-0.2, -0.15) is 0 Å². The molecule has 0 aliphatic heterocycles. The van der Waals surface area contributed by atoms with Crippen LogP contribution in [-0.2, 0) is 5.41 Å². The molecule has 2 aromatic rings. The van der Waals surface area contributed by atoms with Crippen molar-refractivity contribution < 1.29 is 0 Å². The van der Waals surface area contributed by atoms with Crippen molar-refractivity contribution in [3.8, 4) is 11.1 Å². The zero-order chi connectivity index (χ0) is 17.6. The van der Waals surface area contributed by atoms with Gasteiger partial charge in [0.15, 0.2) is 0 Å². The fourth-order valence-corrected chi connectivity index (χ4v) is 3.27. The van der Waals surface area contributed by atoms with Gasteiger partial charge in [0.05, 0.1) is 0 Å². The SMILES string of the molecule is CCC(C)CCCCC(C)(C)c1cccc(-c2ccc(C)cc2)c1. The Hall–Kier alpha value is -1.56. The number of aryl methyl sites for hydroxylation is 1. The topological polar surface area (TPSA) is 0 Å². The largest absolute Gasteiger partial charge is 0.0651 e. The molecule has 0 saturated carbocycles. The summed E-state index contributed by atoms with van der Waals surface area (Å²) in [5, 5.41) is 0. The van der Waals surface area contributed by atoms with E-state index in [4.69, 9.17) is 0 Å². The molecule has 0 saturated heterocycles. The second kappa shape index (κ2) is 8.51. The van der Waals surface area contributed by atoms with Crippen LogP contribution in [0.4, 0.5) is 0 Å². The molecular weight excluding hydrogens is 288 g/mol. The van der Waals surface area contributed by atoms with Crippen molar-refractivity contribution >= 4 is 0 Å². The van der Waals surface area contributed by atoms with E-state index in [1.807, 2.05) is 0 Å². The number of benzene rings is 2. The van der Waals surface area contributed by atoms with Crippen LogP contribution in [0.5, 0.6) is 0 Å². The van der Waals surface area contributed by atoms with Gasteiger partial charge in [0.2, 0.25) is 0 Å². The summed E-state index contributed by atoms with van der Waals surface area (Å²) in [6.07, 6.45) is 6.63. The summed E-state index contributed by atoms with van der Waals surface area (Å²) in [6.45, 7) is 11.6. The standard InChI is InChI=1S/C24H34/c1-6-19(2)10-7-8-17-24(4,5)23-12-9-11-22(18-23)21-15-13-20(3)14-16-21/h9,11-16,18-19H,6-8,10,17H2,1-5H3. The number of hydrogen-bond donors (Lipinski definition) is 0. The summed E-state index contributed by atoms with van der Waals surface area (Å²) in [5.41, 5.74) is 5.67. The molecule has 0 aliphatic carbocycles. The molecule has 0 spiro atoms. The Bertz CT molecular complexity index is 619. The molecule has 24 heavy (non-hydrogen) atoms. The van der Waals surface area contributed by atoms with Crippen LogP contribution in [0, 0.1) is 12.8 Å². The Kier molecular flexibility index (Phi) is 6.66. The molecule has 0 radical (unpaired) electrons. The van der Waals surface area contributed by atoms with Crippen LogP contribution >= 0.6 is 0 Å². The van der Waals surface area contributed by atoms with Gasteiger partial charge >= 0.3 is 0 Å². The molecule has 0 N–H and O–H groups in total. The van der Waals surface area contributed by atoms with Gasteiger partial charge in [-0.05, 0) is 41.4 Å². The first-order valence-corrected chi connectivity index (χ1v) is 9.60. The summed E-state index contributed by atoms with van der Waals surface area (Å²) in [7, 11) is 0. The van der Waals surface area contributed by atoms with Gasteiger partial charge in [0.25, 0.3) is 0 Å². The van der Waals surface area contributed by atoms with E-state index in [9.17, 15) is 0 Å². The minimum atomic E-state index is 0.246. The van der Waals surface area contributed by atoms with Crippen LogP contribution in [-0.4, -0.2) is 0 Å². The summed E-state index contributed by atoms with van der Waals surface area (Å²) < 4.78 is 0. The van der Waals surface area contributed by atoms with Gasteiger partial charge in [0, 0.05) is 0 Å². The molecule has 1 unspecified atom stereocenters. The molecule has 0 amide bonds. The van der Waals surface area contributed by atoms with E-state index in [0.29, 0.717) is 0 Å². The Morgan fingerprint density at radius 1 is 0.917 bits per heavy atom. The first-order chi connectivity index (χ1) is 11.4. The Morgan fingerprint density at radius 3 is 2.29 bits per heavy atom. The highest BCUT2D eigenvalue weighted by Gasteiger charge is 2.20. The maximum Gasteiger partial charge on any atom is -0.0103 e. The molecule has 0 fully saturated rings. The van der Waals surface area contributed by atoms with Gasteiger partial charge in [-0.15, -0.1) is 0 Å². The predicted octanol–water partition coefficient (Wildman–Crippen LogP) is 7.55. The fraction of sp³-hybridized carbons (Fsp3) is 0.500. The van der Waals surface area contributed by atoms with Crippen molar-refractivity contribution in [2.45, 2.75) is 72.1 Å². The van der Waals surface area contributed by atoms with E-state index in [1.165, 1.54) is 54.4 Å². The molecule has 0 heteroatoms. The van der Waals surface area contributed by atoms with Crippen molar-refractivity contribution in [3.05, 3.63) is 59.7 Å². The highest BCUT2D eigenvalue weighted by Crippen LogP contribution is 2.32. The van der Waals surface area contributed by atoms with E-state index in [-0.39, 0.29) is 5.41 Å². The smallest absolute Gasteiger partial charge is 0.0103 e. The number of rotatable bonds is 8. The zero-order valence-electron chi connectivity index (χ0n) is 16.2. The number of hydrogen-bond acceptors (Lipinski definition) is 0. The lowest BCUT2D eigenvalue weighted by Gasteiger charge is -2.26. The van der Waals surface area contributed by atoms with Crippen LogP contribution in [0.15, 0.2) is 48.5 Å². The average Bonchev–Trinajstić information content (AvgIpc) is 2.59. The molecule has 130 valence electrons. The van der Waals surface area contributed by atoms with Crippen LogP contribution in [0.3, 0.4) is 0 Å². The van der Waals surface area contributed by atoms with E-state index in [2.05, 4.69) is 83.1 Å². The first kappa shape index (κ1) is 18.8. The fourth-order valence-electron chi connectivity index (χ4n) is 3.27. The first-order valence-electron chi connectivity index (χ1n) is 9.60. The third-order valence-electron chi connectivity index (χ3n) is 5.47. The van der Waals surface area contributed by atoms with Gasteiger partial charge in [-0.25, -0.2) is 0 Å². The van der Waals surface area contributed by atoms with E-state index < -0.39 is 0 Å². The summed E-state index contributed by atoms with van der Waals surface area (Å²) in [6, 6.07) is 18.0. The van der Waals surface area contributed by atoms with Crippen LogP contribution in [0.2, 0.25) is 0 Å². The summed E-state index contributed by atoms with van der Waals surface area (Å²) >= 11 is 0. The third kappa shape index (κ3) is 5.23. The molecule has 0 heterocycles. The number of unbranched alkanes of at least 4 members (excludes halogenated alkanes) is 1. The molecule has 2 rings (SSSR count). The monoisotopic (exact) mass is 322 g/mol.